The summed E-state index contributed by atoms with van der Waals surface area (Å²) in [5, 5.41) is 9.15. The number of rotatable bonds is 4. The average Bonchev–Trinajstić information content (AvgIpc) is 2.69. The average molecular weight is 236 g/mol. The number of nitrogens with zero attached hydrogens (tertiary/aromatic N) is 2. The SMILES string of the molecule is CN(C(C)(C)CO)S(=O)(=O)N1CCCC1. The number of aliphatic hydroxyl groups excluding tert-OH is 1. The van der Waals surface area contributed by atoms with Crippen LogP contribution < -0.4 is 0 Å². The second-order valence-corrected chi connectivity index (χ2v) is 6.51. The molecule has 0 aromatic heterocycles. The lowest BCUT2D eigenvalue weighted by Gasteiger charge is -2.35. The van der Waals surface area contributed by atoms with Gasteiger partial charge in [0.2, 0.25) is 0 Å². The summed E-state index contributed by atoms with van der Waals surface area (Å²) in [6.45, 7) is 4.42. The second kappa shape index (κ2) is 4.37. The first kappa shape index (κ1) is 12.9. The summed E-state index contributed by atoms with van der Waals surface area (Å²) in [4.78, 5) is 0. The van der Waals surface area contributed by atoms with Crippen LogP contribution in [0.15, 0.2) is 0 Å². The fourth-order valence-corrected chi connectivity index (χ4v) is 3.25. The zero-order valence-corrected chi connectivity index (χ0v) is 10.4. The fraction of sp³-hybridized carbons (Fsp3) is 1.00. The van der Waals surface area contributed by atoms with Gasteiger partial charge in [0.05, 0.1) is 12.1 Å². The van der Waals surface area contributed by atoms with E-state index in [9.17, 15) is 8.42 Å². The van der Waals surface area contributed by atoms with Crippen molar-refractivity contribution in [3.05, 3.63) is 0 Å². The van der Waals surface area contributed by atoms with Crippen molar-refractivity contribution in [2.75, 3.05) is 26.7 Å². The molecule has 0 aliphatic carbocycles. The Balaban J connectivity index is 2.85. The van der Waals surface area contributed by atoms with Gasteiger partial charge in [0.1, 0.15) is 0 Å². The molecule has 0 aromatic carbocycles. The third kappa shape index (κ3) is 2.50. The highest BCUT2D eigenvalue weighted by Crippen LogP contribution is 2.21. The fourth-order valence-electron chi connectivity index (χ4n) is 1.50. The van der Waals surface area contributed by atoms with E-state index in [1.165, 1.54) is 15.7 Å². The van der Waals surface area contributed by atoms with Gasteiger partial charge in [-0.05, 0) is 26.7 Å². The molecule has 0 radical (unpaired) electrons. The lowest BCUT2D eigenvalue weighted by Crippen LogP contribution is -2.52. The van der Waals surface area contributed by atoms with Crippen molar-refractivity contribution < 1.29 is 13.5 Å². The standard InChI is InChI=1S/C9H20N2O3S/c1-9(2,8-12)10(3)15(13,14)11-6-4-5-7-11/h12H,4-8H2,1-3H3. The molecule has 1 aliphatic heterocycles. The van der Waals surface area contributed by atoms with Crippen molar-refractivity contribution in [1.82, 2.24) is 8.61 Å². The molecule has 1 fully saturated rings. The van der Waals surface area contributed by atoms with Crippen molar-refractivity contribution in [3.8, 4) is 0 Å². The van der Waals surface area contributed by atoms with Crippen LogP contribution in [0.2, 0.25) is 0 Å². The van der Waals surface area contributed by atoms with Gasteiger partial charge in [0.25, 0.3) is 10.2 Å². The molecule has 0 saturated carbocycles. The van der Waals surface area contributed by atoms with Crippen LogP contribution in [-0.2, 0) is 10.2 Å². The number of hydrogen-bond donors (Lipinski definition) is 1. The van der Waals surface area contributed by atoms with Gasteiger partial charge in [0.15, 0.2) is 0 Å². The van der Waals surface area contributed by atoms with Gasteiger partial charge in [-0.3, -0.25) is 0 Å². The molecule has 1 aliphatic rings. The normalized spacial score (nSPS) is 20.1. The van der Waals surface area contributed by atoms with E-state index in [1.807, 2.05) is 0 Å². The molecule has 1 heterocycles. The van der Waals surface area contributed by atoms with E-state index in [4.69, 9.17) is 5.11 Å². The van der Waals surface area contributed by atoms with E-state index >= 15 is 0 Å². The first-order valence-electron chi connectivity index (χ1n) is 5.17. The Hall–Kier alpha value is -0.170. The highest BCUT2D eigenvalue weighted by Gasteiger charge is 2.37. The van der Waals surface area contributed by atoms with Crippen molar-refractivity contribution >= 4 is 10.2 Å². The van der Waals surface area contributed by atoms with Crippen LogP contribution in [0.3, 0.4) is 0 Å². The zero-order valence-electron chi connectivity index (χ0n) is 9.60. The summed E-state index contributed by atoms with van der Waals surface area (Å²) >= 11 is 0. The predicted octanol–water partition coefficient (Wildman–Crippen LogP) is 0.0297. The van der Waals surface area contributed by atoms with E-state index in [0.717, 1.165) is 12.8 Å². The molecule has 0 aromatic rings. The highest BCUT2D eigenvalue weighted by atomic mass is 32.2. The Labute approximate surface area is 91.9 Å². The molecule has 1 rings (SSSR count). The molecule has 0 bridgehead atoms. The lowest BCUT2D eigenvalue weighted by molar-refractivity contribution is 0.133. The lowest BCUT2D eigenvalue weighted by atomic mass is 10.1. The first-order valence-corrected chi connectivity index (χ1v) is 6.57. The van der Waals surface area contributed by atoms with Crippen LogP contribution in [0.5, 0.6) is 0 Å². The van der Waals surface area contributed by atoms with E-state index in [-0.39, 0.29) is 6.61 Å². The van der Waals surface area contributed by atoms with Crippen LogP contribution >= 0.6 is 0 Å². The Morgan fingerprint density at radius 3 is 2.20 bits per heavy atom. The van der Waals surface area contributed by atoms with Gasteiger partial charge in [-0.25, -0.2) is 0 Å². The molecule has 0 amide bonds. The minimum Gasteiger partial charge on any atom is -0.394 e. The molecule has 0 atom stereocenters. The summed E-state index contributed by atoms with van der Waals surface area (Å²) in [5.74, 6) is 0. The summed E-state index contributed by atoms with van der Waals surface area (Å²) in [7, 11) is -1.88. The molecule has 90 valence electrons. The number of aliphatic hydroxyl groups is 1. The van der Waals surface area contributed by atoms with E-state index < -0.39 is 15.7 Å². The maximum atomic E-state index is 12.1. The Kier molecular flexibility index (Phi) is 3.76. The molecule has 0 unspecified atom stereocenters. The van der Waals surface area contributed by atoms with E-state index in [2.05, 4.69) is 0 Å². The minimum absolute atomic E-state index is 0.184. The predicted molar refractivity (Wildman–Crippen MR) is 58.7 cm³/mol. The minimum atomic E-state index is -3.40. The summed E-state index contributed by atoms with van der Waals surface area (Å²) in [5.41, 5.74) is -0.749. The van der Waals surface area contributed by atoms with Gasteiger partial charge in [-0.2, -0.15) is 17.0 Å². The summed E-state index contributed by atoms with van der Waals surface area (Å²) in [6.07, 6.45) is 1.85. The third-order valence-corrected chi connectivity index (χ3v) is 5.18. The Bertz CT molecular complexity index is 307. The van der Waals surface area contributed by atoms with Crippen LogP contribution in [0.25, 0.3) is 0 Å². The summed E-state index contributed by atoms with van der Waals surface area (Å²) in [6, 6.07) is 0. The van der Waals surface area contributed by atoms with Crippen molar-refractivity contribution in [1.29, 1.82) is 0 Å². The quantitative estimate of drug-likeness (QED) is 0.749. The Morgan fingerprint density at radius 1 is 1.33 bits per heavy atom. The van der Waals surface area contributed by atoms with Crippen LogP contribution in [-0.4, -0.2) is 54.4 Å². The van der Waals surface area contributed by atoms with Crippen LogP contribution in [0, 0.1) is 0 Å². The molecule has 1 N–H and O–H groups in total. The molecule has 1 saturated heterocycles. The molecular formula is C9H20N2O3S. The molecule has 5 nitrogen and oxygen atoms in total. The summed E-state index contributed by atoms with van der Waals surface area (Å²) < 4.78 is 26.9. The first-order chi connectivity index (χ1) is 6.82. The van der Waals surface area contributed by atoms with E-state index in [1.54, 1.807) is 13.8 Å². The van der Waals surface area contributed by atoms with Gasteiger partial charge >= 0.3 is 0 Å². The number of likely N-dealkylation sites (N-methyl/N-ethyl adjacent to an activating group) is 1. The molecular weight excluding hydrogens is 216 g/mol. The van der Waals surface area contributed by atoms with Gasteiger partial charge in [-0.15, -0.1) is 0 Å². The highest BCUT2D eigenvalue weighted by molar-refractivity contribution is 7.86. The van der Waals surface area contributed by atoms with Crippen LogP contribution in [0.1, 0.15) is 26.7 Å². The van der Waals surface area contributed by atoms with Crippen LogP contribution in [0.4, 0.5) is 0 Å². The van der Waals surface area contributed by atoms with Crippen molar-refractivity contribution in [2.24, 2.45) is 0 Å². The maximum Gasteiger partial charge on any atom is 0.282 e. The monoisotopic (exact) mass is 236 g/mol. The van der Waals surface area contributed by atoms with Gasteiger partial charge < -0.3 is 5.11 Å². The maximum absolute atomic E-state index is 12.1. The topological polar surface area (TPSA) is 60.9 Å². The second-order valence-electron chi connectivity index (χ2n) is 4.55. The Morgan fingerprint density at radius 2 is 1.80 bits per heavy atom. The van der Waals surface area contributed by atoms with Crippen molar-refractivity contribution in [2.45, 2.75) is 32.2 Å². The van der Waals surface area contributed by atoms with Gasteiger partial charge in [-0.1, -0.05) is 0 Å². The largest absolute Gasteiger partial charge is 0.394 e. The van der Waals surface area contributed by atoms with E-state index in [0.29, 0.717) is 13.1 Å². The molecule has 0 spiro atoms. The molecule has 6 heteroatoms. The van der Waals surface area contributed by atoms with Gasteiger partial charge in [0, 0.05) is 20.1 Å². The zero-order chi connectivity index (χ0) is 11.7. The van der Waals surface area contributed by atoms with Crippen molar-refractivity contribution in [3.63, 3.8) is 0 Å². The smallest absolute Gasteiger partial charge is 0.282 e. The molecule has 15 heavy (non-hydrogen) atoms. The number of hydrogen-bond acceptors (Lipinski definition) is 3. The third-order valence-electron chi connectivity index (χ3n) is 2.98.